The fourth-order valence-corrected chi connectivity index (χ4v) is 12.5. The lowest BCUT2D eigenvalue weighted by molar-refractivity contribution is -0.161. The Labute approximate surface area is 556 Å². The van der Waals surface area contributed by atoms with Gasteiger partial charge in [0, 0.05) is 25.7 Å². The van der Waals surface area contributed by atoms with Crippen LogP contribution in [0, 0.1) is 11.8 Å². The smallest absolute Gasteiger partial charge is 0.462 e. The monoisotopic (exact) mass is 1340 g/mol. The summed E-state index contributed by atoms with van der Waals surface area (Å²) in [6.45, 7) is 9.49. The van der Waals surface area contributed by atoms with E-state index in [1.54, 1.807) is 0 Å². The zero-order valence-corrected chi connectivity index (χ0v) is 60.9. The molecule has 540 valence electrons. The molecule has 91 heavy (non-hydrogen) atoms. The number of hydrogen-bond acceptors (Lipinski definition) is 15. The van der Waals surface area contributed by atoms with E-state index in [0.29, 0.717) is 25.7 Å². The van der Waals surface area contributed by atoms with E-state index in [0.717, 1.165) is 108 Å². The maximum absolute atomic E-state index is 13.0. The summed E-state index contributed by atoms with van der Waals surface area (Å²) in [6, 6.07) is 0. The van der Waals surface area contributed by atoms with E-state index >= 15 is 0 Å². The van der Waals surface area contributed by atoms with Crippen molar-refractivity contribution in [3.63, 3.8) is 0 Å². The largest absolute Gasteiger partial charge is 0.472 e. The second kappa shape index (κ2) is 64.1. The molecule has 0 spiro atoms. The number of phosphoric acid groups is 2. The molecule has 0 heterocycles. The molecule has 3 N–H and O–H groups in total. The molecular formula is C72H140O17P2. The van der Waals surface area contributed by atoms with E-state index in [9.17, 15) is 43.2 Å². The third-order valence-electron chi connectivity index (χ3n) is 16.7. The molecule has 0 aliphatic carbocycles. The van der Waals surface area contributed by atoms with Gasteiger partial charge in [0.1, 0.15) is 19.3 Å². The van der Waals surface area contributed by atoms with Gasteiger partial charge in [-0.15, -0.1) is 0 Å². The van der Waals surface area contributed by atoms with E-state index < -0.39 is 97.5 Å². The number of hydrogen-bond donors (Lipinski definition) is 3. The molecule has 0 aliphatic heterocycles. The third-order valence-corrected chi connectivity index (χ3v) is 18.6. The third kappa shape index (κ3) is 66.5. The molecule has 0 rings (SSSR count). The first-order valence-electron chi connectivity index (χ1n) is 37.5. The quantitative estimate of drug-likeness (QED) is 0.0222. The molecule has 0 bridgehead atoms. The van der Waals surface area contributed by atoms with E-state index in [-0.39, 0.29) is 25.7 Å². The molecule has 0 saturated heterocycles. The van der Waals surface area contributed by atoms with Crippen molar-refractivity contribution in [2.45, 2.75) is 387 Å². The van der Waals surface area contributed by atoms with Gasteiger partial charge in [0.25, 0.3) is 0 Å². The Morgan fingerprint density at radius 2 is 0.505 bits per heavy atom. The van der Waals surface area contributed by atoms with Gasteiger partial charge in [-0.1, -0.05) is 318 Å². The normalized spacial score (nSPS) is 14.1. The molecule has 5 atom stereocenters. The second-order valence-corrected chi connectivity index (χ2v) is 29.8. The van der Waals surface area contributed by atoms with Gasteiger partial charge in [-0.2, -0.15) is 0 Å². The lowest BCUT2D eigenvalue weighted by atomic mass is 10.0. The van der Waals surface area contributed by atoms with Crippen molar-refractivity contribution in [2.75, 3.05) is 39.6 Å². The van der Waals surface area contributed by atoms with E-state index in [4.69, 9.17) is 37.0 Å². The molecule has 0 aromatic rings. The minimum absolute atomic E-state index is 0.106. The number of phosphoric ester groups is 2. The Morgan fingerprint density at radius 1 is 0.297 bits per heavy atom. The van der Waals surface area contributed by atoms with Crippen LogP contribution < -0.4 is 0 Å². The van der Waals surface area contributed by atoms with Gasteiger partial charge in [0.2, 0.25) is 0 Å². The van der Waals surface area contributed by atoms with Gasteiger partial charge < -0.3 is 33.8 Å². The molecular weight excluding hydrogens is 1200 g/mol. The van der Waals surface area contributed by atoms with Gasteiger partial charge in [0.15, 0.2) is 12.2 Å². The summed E-state index contributed by atoms with van der Waals surface area (Å²) >= 11 is 0. The first-order chi connectivity index (χ1) is 43.9. The van der Waals surface area contributed by atoms with Gasteiger partial charge in [-0.3, -0.25) is 37.3 Å². The molecule has 0 radical (unpaired) electrons. The summed E-state index contributed by atoms with van der Waals surface area (Å²) in [7, 11) is -9.89. The van der Waals surface area contributed by atoms with Crippen molar-refractivity contribution in [1.82, 2.24) is 0 Å². The highest BCUT2D eigenvalue weighted by Crippen LogP contribution is 2.45. The van der Waals surface area contributed by atoms with Crippen LogP contribution in [0.15, 0.2) is 0 Å². The van der Waals surface area contributed by atoms with Crippen LogP contribution in [0.4, 0.5) is 0 Å². The number of aliphatic hydroxyl groups is 1. The zero-order valence-electron chi connectivity index (χ0n) is 59.1. The Kier molecular flexibility index (Phi) is 62.7. The minimum Gasteiger partial charge on any atom is -0.462 e. The van der Waals surface area contributed by atoms with E-state index in [1.165, 1.54) is 180 Å². The molecule has 0 aromatic carbocycles. The summed E-state index contributed by atoms with van der Waals surface area (Å²) in [5, 5.41) is 10.6. The molecule has 0 aromatic heterocycles. The Balaban J connectivity index is 5.16. The molecule has 0 fully saturated rings. The fraction of sp³-hybridized carbons (Fsp3) is 0.944. The molecule has 17 nitrogen and oxygen atoms in total. The summed E-state index contributed by atoms with van der Waals surface area (Å²) in [5.74, 6) is -0.584. The highest BCUT2D eigenvalue weighted by molar-refractivity contribution is 7.47. The summed E-state index contributed by atoms with van der Waals surface area (Å²) in [4.78, 5) is 72.4. The summed E-state index contributed by atoms with van der Waals surface area (Å²) in [6.07, 6.45) is 50.3. The van der Waals surface area contributed by atoms with Crippen LogP contribution in [-0.4, -0.2) is 96.7 Å². The maximum Gasteiger partial charge on any atom is 0.472 e. The molecule has 0 amide bonds. The van der Waals surface area contributed by atoms with Gasteiger partial charge in [-0.05, 0) is 37.5 Å². The standard InChI is InChI=1S/C72H140O17P2/c1-7-9-11-13-14-15-16-17-18-19-20-21-28-33-38-44-50-56-72(77)89-68(61-83-70(75)55-49-43-37-32-27-23-22-25-30-35-41-46-52-64(3)4)63-87-91(80,81)85-59-66(73)58-84-90(78,79)86-62-67(60-82-69(74)54-48-40-12-10-8-2)88-71(76)57-51-45-39-34-29-24-26-31-36-42-47-53-65(5)6/h64-68,73H,7-63H2,1-6H3,(H,78,79)(H,80,81)/t66-,67+,68+/m0/s1. The van der Waals surface area contributed by atoms with Crippen LogP contribution in [-0.2, 0) is 65.4 Å². The summed E-state index contributed by atoms with van der Waals surface area (Å²) < 4.78 is 68.2. The highest BCUT2D eigenvalue weighted by Gasteiger charge is 2.30. The van der Waals surface area contributed by atoms with Crippen molar-refractivity contribution in [3.05, 3.63) is 0 Å². The first kappa shape index (κ1) is 89.1. The number of carbonyl (C=O) groups is 4. The maximum atomic E-state index is 13.0. The van der Waals surface area contributed by atoms with Crippen molar-refractivity contribution >= 4 is 39.5 Å². The predicted molar refractivity (Wildman–Crippen MR) is 368 cm³/mol. The zero-order chi connectivity index (χ0) is 67.2. The van der Waals surface area contributed by atoms with E-state index in [2.05, 4.69) is 41.5 Å². The number of esters is 4. The Bertz CT molecular complexity index is 1770. The molecule has 0 aliphatic rings. The Hall–Kier alpha value is -1.94. The van der Waals surface area contributed by atoms with E-state index in [1.807, 2.05) is 0 Å². The Morgan fingerprint density at radius 3 is 0.747 bits per heavy atom. The van der Waals surface area contributed by atoms with Crippen molar-refractivity contribution < 1.29 is 80.2 Å². The SMILES string of the molecule is CCCCCCCCCCCCCCCCCCCC(=O)O[C@H](COC(=O)CCCCCCCCCCCCCCC(C)C)COP(=O)(O)OC[C@@H](O)COP(=O)(O)OC[C@@H](COC(=O)CCCCCCC)OC(=O)CCCCCCCCCCCCCC(C)C. The summed E-state index contributed by atoms with van der Waals surface area (Å²) in [5.41, 5.74) is 0. The van der Waals surface area contributed by atoms with Crippen LogP contribution in [0.2, 0.25) is 0 Å². The first-order valence-corrected chi connectivity index (χ1v) is 40.5. The van der Waals surface area contributed by atoms with Crippen LogP contribution >= 0.6 is 15.6 Å². The number of rotatable bonds is 71. The molecule has 2 unspecified atom stereocenters. The van der Waals surface area contributed by atoms with Gasteiger partial charge in [-0.25, -0.2) is 9.13 Å². The van der Waals surface area contributed by atoms with Crippen molar-refractivity contribution in [1.29, 1.82) is 0 Å². The lowest BCUT2D eigenvalue weighted by Gasteiger charge is -2.21. The number of aliphatic hydroxyl groups excluding tert-OH is 1. The highest BCUT2D eigenvalue weighted by atomic mass is 31.2. The molecule has 19 heteroatoms. The van der Waals surface area contributed by atoms with Gasteiger partial charge in [0.05, 0.1) is 26.4 Å². The number of ether oxygens (including phenoxy) is 4. The van der Waals surface area contributed by atoms with Crippen LogP contribution in [0.25, 0.3) is 0 Å². The topological polar surface area (TPSA) is 237 Å². The second-order valence-electron chi connectivity index (χ2n) is 26.9. The van der Waals surface area contributed by atoms with Gasteiger partial charge >= 0.3 is 39.5 Å². The molecule has 0 saturated carbocycles. The predicted octanol–water partition coefficient (Wildman–Crippen LogP) is 20.8. The average Bonchev–Trinajstić information content (AvgIpc) is 3.49. The van der Waals surface area contributed by atoms with Crippen LogP contribution in [0.5, 0.6) is 0 Å². The van der Waals surface area contributed by atoms with Crippen molar-refractivity contribution in [3.8, 4) is 0 Å². The average molecular weight is 1340 g/mol. The lowest BCUT2D eigenvalue weighted by Crippen LogP contribution is -2.30. The van der Waals surface area contributed by atoms with Crippen molar-refractivity contribution in [2.24, 2.45) is 11.8 Å². The van der Waals surface area contributed by atoms with Crippen LogP contribution in [0.3, 0.4) is 0 Å². The van der Waals surface area contributed by atoms with Crippen LogP contribution in [0.1, 0.15) is 369 Å². The minimum atomic E-state index is -4.95. The number of unbranched alkanes of at least 4 members (excludes halogenated alkanes) is 41. The fourth-order valence-electron chi connectivity index (χ4n) is 10.9. The number of carbonyl (C=O) groups excluding carboxylic acids is 4.